The molecule has 0 aliphatic carbocycles. The number of halogens is 3. The second-order valence-corrected chi connectivity index (χ2v) is 7.31. The van der Waals surface area contributed by atoms with Crippen LogP contribution in [-0.2, 0) is 10.9 Å². The van der Waals surface area contributed by atoms with Crippen molar-refractivity contribution in [2.75, 3.05) is 26.3 Å². The number of hydrogen-bond acceptors (Lipinski definition) is 5. The second-order valence-electron chi connectivity index (χ2n) is 7.31. The van der Waals surface area contributed by atoms with E-state index in [-0.39, 0.29) is 0 Å². The Bertz CT molecular complexity index is 1010. The number of ether oxygens (including phenoxy) is 1. The Balaban J connectivity index is 1.76. The summed E-state index contributed by atoms with van der Waals surface area (Å²) < 4.78 is 45.2. The van der Waals surface area contributed by atoms with Gasteiger partial charge in [-0.15, -0.1) is 0 Å². The fourth-order valence-electron chi connectivity index (χ4n) is 3.87. The lowest BCUT2D eigenvalue weighted by Crippen LogP contribution is -2.41. The van der Waals surface area contributed by atoms with Crippen molar-refractivity contribution in [2.24, 2.45) is 0 Å². The largest absolute Gasteiger partial charge is 0.416 e. The standard InChI is InChI=1S/C23H22F3N3O2/c24-23(25,26)17-6-3-5-16(15-17)20-18(7-4-10-28-20)22(30)21(19-8-1-2-9-27-19)29-11-13-31-14-12-29/h1-10,15,21-22,30H,11-14H2. The molecule has 2 aromatic heterocycles. The van der Waals surface area contributed by atoms with Gasteiger partial charge in [0.1, 0.15) is 6.10 Å². The van der Waals surface area contributed by atoms with Crippen LogP contribution >= 0.6 is 0 Å². The van der Waals surface area contributed by atoms with Crippen molar-refractivity contribution in [3.05, 3.63) is 83.8 Å². The summed E-state index contributed by atoms with van der Waals surface area (Å²) in [6, 6.07) is 13.4. The molecule has 162 valence electrons. The molecule has 0 bridgehead atoms. The smallest absolute Gasteiger partial charge is 0.386 e. The average molecular weight is 429 g/mol. The van der Waals surface area contributed by atoms with Crippen molar-refractivity contribution < 1.29 is 23.0 Å². The average Bonchev–Trinajstić information content (AvgIpc) is 2.80. The first-order chi connectivity index (χ1) is 14.9. The van der Waals surface area contributed by atoms with Crippen LogP contribution in [0.25, 0.3) is 11.3 Å². The third-order valence-electron chi connectivity index (χ3n) is 5.35. The van der Waals surface area contributed by atoms with Crippen LogP contribution in [0.5, 0.6) is 0 Å². The van der Waals surface area contributed by atoms with Gasteiger partial charge in [-0.1, -0.05) is 24.3 Å². The Labute approximate surface area is 178 Å². The van der Waals surface area contributed by atoms with E-state index >= 15 is 0 Å². The van der Waals surface area contributed by atoms with Crippen LogP contribution in [-0.4, -0.2) is 46.3 Å². The molecule has 1 fully saturated rings. The molecule has 3 heterocycles. The van der Waals surface area contributed by atoms with Crippen molar-refractivity contribution in [1.29, 1.82) is 0 Å². The lowest BCUT2D eigenvalue weighted by Gasteiger charge is -2.37. The third-order valence-corrected chi connectivity index (χ3v) is 5.35. The summed E-state index contributed by atoms with van der Waals surface area (Å²) in [5, 5.41) is 11.5. The van der Waals surface area contributed by atoms with Gasteiger partial charge in [-0.25, -0.2) is 0 Å². The van der Waals surface area contributed by atoms with E-state index in [9.17, 15) is 18.3 Å². The molecule has 0 saturated carbocycles. The van der Waals surface area contributed by atoms with Gasteiger partial charge in [0, 0.05) is 36.6 Å². The zero-order valence-corrected chi connectivity index (χ0v) is 16.7. The second kappa shape index (κ2) is 9.13. The van der Waals surface area contributed by atoms with Gasteiger partial charge in [0.05, 0.1) is 36.2 Å². The van der Waals surface area contributed by atoms with Gasteiger partial charge in [0.25, 0.3) is 0 Å². The highest BCUT2D eigenvalue weighted by Gasteiger charge is 2.34. The summed E-state index contributed by atoms with van der Waals surface area (Å²) in [4.78, 5) is 10.8. The summed E-state index contributed by atoms with van der Waals surface area (Å²) in [5.41, 5.74) is 0.978. The highest BCUT2D eigenvalue weighted by atomic mass is 19.4. The van der Waals surface area contributed by atoms with Crippen LogP contribution in [0, 0.1) is 0 Å². The predicted octanol–water partition coefficient (Wildman–Crippen LogP) is 4.27. The molecule has 0 radical (unpaired) electrons. The Hall–Kier alpha value is -2.81. The zero-order chi connectivity index (χ0) is 21.8. The third kappa shape index (κ3) is 4.76. The number of aliphatic hydroxyl groups excluding tert-OH is 1. The van der Waals surface area contributed by atoms with Crippen molar-refractivity contribution in [3.63, 3.8) is 0 Å². The number of benzene rings is 1. The summed E-state index contributed by atoms with van der Waals surface area (Å²) in [6.45, 7) is 2.28. The molecule has 31 heavy (non-hydrogen) atoms. The molecule has 1 N–H and O–H groups in total. The number of hydrogen-bond donors (Lipinski definition) is 1. The minimum absolute atomic E-state index is 0.297. The van der Waals surface area contributed by atoms with Crippen molar-refractivity contribution >= 4 is 0 Å². The Morgan fingerprint density at radius 2 is 1.71 bits per heavy atom. The summed E-state index contributed by atoms with van der Waals surface area (Å²) >= 11 is 0. The number of rotatable bonds is 5. The molecule has 1 saturated heterocycles. The first-order valence-corrected chi connectivity index (χ1v) is 9.98. The van der Waals surface area contributed by atoms with E-state index in [4.69, 9.17) is 4.74 Å². The van der Waals surface area contributed by atoms with E-state index in [2.05, 4.69) is 14.9 Å². The van der Waals surface area contributed by atoms with Crippen LogP contribution in [0.2, 0.25) is 0 Å². The fraction of sp³-hybridized carbons (Fsp3) is 0.304. The maximum absolute atomic E-state index is 13.2. The Morgan fingerprint density at radius 1 is 0.935 bits per heavy atom. The number of alkyl halides is 3. The molecular formula is C23H22F3N3O2. The number of morpholine rings is 1. The molecule has 0 spiro atoms. The minimum Gasteiger partial charge on any atom is -0.386 e. The highest BCUT2D eigenvalue weighted by molar-refractivity contribution is 5.64. The predicted molar refractivity (Wildman–Crippen MR) is 109 cm³/mol. The lowest BCUT2D eigenvalue weighted by molar-refractivity contribution is -0.137. The maximum atomic E-state index is 13.2. The number of pyridine rings is 2. The van der Waals surface area contributed by atoms with Gasteiger partial charge in [-0.3, -0.25) is 14.9 Å². The van der Waals surface area contributed by atoms with Crippen LogP contribution in [0.3, 0.4) is 0 Å². The van der Waals surface area contributed by atoms with Gasteiger partial charge < -0.3 is 9.84 Å². The normalized spacial score (nSPS) is 17.3. The SMILES string of the molecule is OC(c1cccnc1-c1cccc(C(F)(F)F)c1)C(c1ccccn1)N1CCOCC1. The van der Waals surface area contributed by atoms with Gasteiger partial charge in [0.2, 0.25) is 0 Å². The minimum atomic E-state index is -4.46. The monoisotopic (exact) mass is 429 g/mol. The van der Waals surface area contributed by atoms with Gasteiger partial charge in [-0.2, -0.15) is 13.2 Å². The van der Waals surface area contributed by atoms with Gasteiger partial charge in [0.15, 0.2) is 0 Å². The first kappa shape index (κ1) is 21.4. The molecule has 2 atom stereocenters. The van der Waals surface area contributed by atoms with Crippen LogP contribution in [0.15, 0.2) is 67.0 Å². The number of aliphatic hydroxyl groups is 1. The quantitative estimate of drug-likeness (QED) is 0.657. The molecule has 8 heteroatoms. The molecule has 5 nitrogen and oxygen atoms in total. The molecular weight excluding hydrogens is 407 g/mol. The van der Waals surface area contributed by atoms with Gasteiger partial charge in [-0.05, 0) is 30.3 Å². The Kier molecular flexibility index (Phi) is 6.31. The van der Waals surface area contributed by atoms with Crippen molar-refractivity contribution in [2.45, 2.75) is 18.3 Å². The zero-order valence-electron chi connectivity index (χ0n) is 16.7. The van der Waals surface area contributed by atoms with Crippen molar-refractivity contribution in [3.8, 4) is 11.3 Å². The van der Waals surface area contributed by atoms with E-state index < -0.39 is 23.9 Å². The Morgan fingerprint density at radius 3 is 2.42 bits per heavy atom. The van der Waals surface area contributed by atoms with Crippen LogP contribution < -0.4 is 0 Å². The topological polar surface area (TPSA) is 58.5 Å². The first-order valence-electron chi connectivity index (χ1n) is 9.98. The summed E-state index contributed by atoms with van der Waals surface area (Å²) in [7, 11) is 0. The molecule has 1 aliphatic heterocycles. The molecule has 4 rings (SSSR count). The number of aromatic nitrogens is 2. The van der Waals surface area contributed by atoms with Crippen LogP contribution in [0.1, 0.15) is 29.0 Å². The molecule has 1 aromatic carbocycles. The lowest BCUT2D eigenvalue weighted by atomic mass is 9.93. The van der Waals surface area contributed by atoms with Crippen molar-refractivity contribution in [1.82, 2.24) is 14.9 Å². The fourth-order valence-corrected chi connectivity index (χ4v) is 3.87. The van der Waals surface area contributed by atoms with Gasteiger partial charge >= 0.3 is 6.18 Å². The van der Waals surface area contributed by atoms with Crippen LogP contribution in [0.4, 0.5) is 13.2 Å². The van der Waals surface area contributed by atoms with E-state index in [1.807, 2.05) is 12.1 Å². The maximum Gasteiger partial charge on any atom is 0.416 e. The molecule has 1 aliphatic rings. The van der Waals surface area contributed by atoms with E-state index in [0.29, 0.717) is 48.8 Å². The highest BCUT2D eigenvalue weighted by Crippen LogP contribution is 2.38. The van der Waals surface area contributed by atoms with E-state index in [1.165, 1.54) is 12.3 Å². The summed E-state index contributed by atoms with van der Waals surface area (Å²) in [6.07, 6.45) is -2.34. The summed E-state index contributed by atoms with van der Waals surface area (Å²) in [5.74, 6) is 0. The van der Waals surface area contributed by atoms with E-state index in [1.54, 1.807) is 30.5 Å². The van der Waals surface area contributed by atoms with E-state index in [0.717, 1.165) is 12.1 Å². The molecule has 2 unspecified atom stereocenters. The molecule has 3 aromatic rings. The number of nitrogens with zero attached hydrogens (tertiary/aromatic N) is 3. The molecule has 0 amide bonds.